The number of hydrogen-bond acceptors (Lipinski definition) is 2. The standard InChI is InChI=1S/C30H36N2O/c1-24-16-18-27(19-17-24)30(29(31)33,26-14-7-4-8-15-26)28-20-22-32(2,23-28)21-10-9-13-25-11-5-3-6-12-25/h3-8,11-12,14-19,28H,9-10,13,20-23H2,1-2H3,(H-,31,33). The number of nitrogens with zero attached hydrogens (tertiary/aromatic N) is 1. The van der Waals surface area contributed by atoms with Gasteiger partial charge < -0.3 is 15.0 Å². The molecule has 1 N–H and O–H groups in total. The molecule has 0 bridgehead atoms. The van der Waals surface area contributed by atoms with Gasteiger partial charge in [0, 0.05) is 12.3 Å². The molecule has 3 aromatic carbocycles. The predicted octanol–water partition coefficient (Wildman–Crippen LogP) is 5.11. The fourth-order valence-electron chi connectivity index (χ4n) is 5.81. The van der Waals surface area contributed by atoms with E-state index in [4.69, 9.17) is 5.41 Å². The molecule has 1 fully saturated rings. The monoisotopic (exact) mass is 440 g/mol. The van der Waals surface area contributed by atoms with Crippen molar-refractivity contribution in [1.82, 2.24) is 0 Å². The number of rotatable bonds is 9. The maximum absolute atomic E-state index is 13.2. The Balaban J connectivity index is 1.55. The van der Waals surface area contributed by atoms with Gasteiger partial charge in [-0.15, -0.1) is 0 Å². The Morgan fingerprint density at radius 2 is 1.52 bits per heavy atom. The average molecular weight is 441 g/mol. The Hall–Kier alpha value is -2.91. The number of hydrogen-bond donors (Lipinski definition) is 1. The van der Waals surface area contributed by atoms with Crippen LogP contribution in [0, 0.1) is 18.3 Å². The summed E-state index contributed by atoms with van der Waals surface area (Å²) in [5.41, 5.74) is 3.58. The molecule has 3 aromatic rings. The summed E-state index contributed by atoms with van der Waals surface area (Å²) >= 11 is 0. The van der Waals surface area contributed by atoms with Crippen LogP contribution in [0.1, 0.15) is 41.5 Å². The maximum Gasteiger partial charge on any atom is 0.0830 e. The van der Waals surface area contributed by atoms with Gasteiger partial charge in [-0.2, -0.15) is 0 Å². The second-order valence-corrected chi connectivity index (χ2v) is 10.0. The van der Waals surface area contributed by atoms with Crippen LogP contribution < -0.4 is 5.11 Å². The first-order chi connectivity index (χ1) is 15.9. The molecule has 1 saturated heterocycles. The molecule has 4 rings (SSSR count). The quantitative estimate of drug-likeness (QED) is 0.214. The minimum atomic E-state index is -0.908. The van der Waals surface area contributed by atoms with Crippen molar-refractivity contribution in [1.29, 1.82) is 5.41 Å². The number of benzene rings is 3. The van der Waals surface area contributed by atoms with E-state index in [9.17, 15) is 5.11 Å². The summed E-state index contributed by atoms with van der Waals surface area (Å²) in [5.74, 6) is -0.369. The van der Waals surface area contributed by atoms with Crippen molar-refractivity contribution in [2.24, 2.45) is 5.92 Å². The Morgan fingerprint density at radius 3 is 2.15 bits per heavy atom. The fraction of sp³-hybridized carbons (Fsp3) is 0.367. The molecule has 3 heteroatoms. The summed E-state index contributed by atoms with van der Waals surface area (Å²) in [6.45, 7) is 5.17. The van der Waals surface area contributed by atoms with E-state index in [1.165, 1.54) is 24.0 Å². The van der Waals surface area contributed by atoms with E-state index in [1.807, 2.05) is 30.3 Å². The summed E-state index contributed by atoms with van der Waals surface area (Å²) in [6.07, 6.45) is 4.44. The number of unbranched alkanes of at least 4 members (excludes halogenated alkanes) is 1. The second-order valence-electron chi connectivity index (χ2n) is 10.0. The Morgan fingerprint density at radius 1 is 0.909 bits per heavy atom. The van der Waals surface area contributed by atoms with Crippen molar-refractivity contribution in [3.63, 3.8) is 0 Å². The predicted molar refractivity (Wildman–Crippen MR) is 134 cm³/mol. The highest BCUT2D eigenvalue weighted by molar-refractivity contribution is 5.87. The molecule has 1 aliphatic heterocycles. The van der Waals surface area contributed by atoms with Crippen LogP contribution in [0.3, 0.4) is 0 Å². The van der Waals surface area contributed by atoms with E-state index < -0.39 is 11.3 Å². The normalized spacial score (nSPS) is 22.1. The van der Waals surface area contributed by atoms with Gasteiger partial charge in [0.1, 0.15) is 0 Å². The minimum Gasteiger partial charge on any atom is -0.861 e. The Labute approximate surface area is 198 Å². The van der Waals surface area contributed by atoms with Crippen LogP contribution >= 0.6 is 0 Å². The molecular formula is C30H36N2O. The van der Waals surface area contributed by atoms with Gasteiger partial charge in [0.15, 0.2) is 0 Å². The molecule has 3 atom stereocenters. The van der Waals surface area contributed by atoms with Gasteiger partial charge in [0.2, 0.25) is 0 Å². The van der Waals surface area contributed by atoms with Crippen molar-refractivity contribution in [3.8, 4) is 0 Å². The van der Waals surface area contributed by atoms with E-state index in [0.717, 1.165) is 48.1 Å². The molecule has 0 spiro atoms. The van der Waals surface area contributed by atoms with E-state index >= 15 is 0 Å². The molecule has 3 nitrogen and oxygen atoms in total. The number of likely N-dealkylation sites (tertiary alicyclic amines) is 1. The largest absolute Gasteiger partial charge is 0.861 e. The van der Waals surface area contributed by atoms with E-state index in [-0.39, 0.29) is 5.92 Å². The molecule has 172 valence electrons. The Kier molecular flexibility index (Phi) is 6.99. The van der Waals surface area contributed by atoms with Crippen LogP contribution in [0.5, 0.6) is 0 Å². The van der Waals surface area contributed by atoms with Gasteiger partial charge in [-0.25, -0.2) is 0 Å². The zero-order valence-corrected chi connectivity index (χ0v) is 20.0. The summed E-state index contributed by atoms with van der Waals surface area (Å²) in [5, 5.41) is 21.7. The number of aryl methyl sites for hydroxylation is 2. The lowest BCUT2D eigenvalue weighted by atomic mass is 9.65. The maximum atomic E-state index is 13.2. The first-order valence-electron chi connectivity index (χ1n) is 12.2. The van der Waals surface area contributed by atoms with Crippen LogP contribution in [0.15, 0.2) is 84.9 Å². The van der Waals surface area contributed by atoms with E-state index in [0.29, 0.717) is 0 Å². The van der Waals surface area contributed by atoms with Crippen molar-refractivity contribution >= 4 is 5.90 Å². The first kappa shape index (κ1) is 23.3. The summed E-state index contributed by atoms with van der Waals surface area (Å²) in [7, 11) is 2.34. The van der Waals surface area contributed by atoms with Crippen molar-refractivity contribution in [2.45, 2.75) is 38.0 Å². The molecule has 0 saturated carbocycles. The SMILES string of the molecule is Cc1ccc(C(C(=N)[O-])(c2ccccc2)C2CC[N+](C)(CCCCc3ccccc3)C2)cc1. The highest BCUT2D eigenvalue weighted by Crippen LogP contribution is 2.45. The zero-order chi connectivity index (χ0) is 23.3. The van der Waals surface area contributed by atoms with Crippen LogP contribution in [0.2, 0.25) is 0 Å². The molecule has 1 aliphatic rings. The highest BCUT2D eigenvalue weighted by atomic mass is 16.3. The van der Waals surface area contributed by atoms with Gasteiger partial charge >= 0.3 is 0 Å². The van der Waals surface area contributed by atoms with Crippen molar-refractivity contribution < 1.29 is 9.59 Å². The third kappa shape index (κ3) is 4.89. The molecular weight excluding hydrogens is 404 g/mol. The third-order valence-electron chi connectivity index (χ3n) is 7.64. The molecule has 1 heterocycles. The highest BCUT2D eigenvalue weighted by Gasteiger charge is 2.49. The van der Waals surface area contributed by atoms with Crippen LogP contribution in [0.4, 0.5) is 0 Å². The van der Waals surface area contributed by atoms with Gasteiger partial charge in [0.05, 0.1) is 32.1 Å². The van der Waals surface area contributed by atoms with E-state index in [1.54, 1.807) is 0 Å². The van der Waals surface area contributed by atoms with Gasteiger partial charge in [-0.05, 0) is 48.8 Å². The van der Waals surface area contributed by atoms with Gasteiger partial charge in [-0.3, -0.25) is 0 Å². The molecule has 0 radical (unpaired) electrons. The van der Waals surface area contributed by atoms with Crippen LogP contribution in [-0.4, -0.2) is 37.1 Å². The summed E-state index contributed by atoms with van der Waals surface area (Å²) in [4.78, 5) is 0. The number of nitrogens with one attached hydrogen (secondary N) is 1. The van der Waals surface area contributed by atoms with Crippen LogP contribution in [-0.2, 0) is 11.8 Å². The smallest absolute Gasteiger partial charge is 0.0830 e. The third-order valence-corrected chi connectivity index (χ3v) is 7.64. The second kappa shape index (κ2) is 9.93. The summed E-state index contributed by atoms with van der Waals surface area (Å²) in [6, 6.07) is 29.0. The first-order valence-corrected chi connectivity index (χ1v) is 12.2. The topological polar surface area (TPSA) is 46.9 Å². The number of quaternary nitrogens is 1. The molecule has 0 aromatic heterocycles. The molecule has 0 aliphatic carbocycles. The van der Waals surface area contributed by atoms with E-state index in [2.05, 4.69) is 68.6 Å². The molecule has 0 amide bonds. The lowest BCUT2D eigenvalue weighted by Gasteiger charge is -2.43. The lowest BCUT2D eigenvalue weighted by molar-refractivity contribution is -0.899. The minimum absolute atomic E-state index is 0.117. The molecule has 33 heavy (non-hydrogen) atoms. The summed E-state index contributed by atoms with van der Waals surface area (Å²) < 4.78 is 0.979. The zero-order valence-electron chi connectivity index (χ0n) is 20.0. The van der Waals surface area contributed by atoms with Gasteiger partial charge in [-0.1, -0.05) is 90.5 Å². The molecule has 3 unspecified atom stereocenters. The van der Waals surface area contributed by atoms with Crippen molar-refractivity contribution in [2.75, 3.05) is 26.7 Å². The fourth-order valence-corrected chi connectivity index (χ4v) is 5.81. The van der Waals surface area contributed by atoms with Gasteiger partial charge in [0.25, 0.3) is 0 Å². The lowest BCUT2D eigenvalue weighted by Crippen LogP contribution is -2.52. The van der Waals surface area contributed by atoms with Crippen LogP contribution in [0.25, 0.3) is 0 Å². The Bertz CT molecular complexity index is 1050. The average Bonchev–Trinajstić information content (AvgIpc) is 3.22. The van der Waals surface area contributed by atoms with Crippen molar-refractivity contribution in [3.05, 3.63) is 107 Å².